The molecule has 0 radical (unpaired) electrons. The van der Waals surface area contributed by atoms with Gasteiger partial charge in [0.25, 0.3) is 0 Å². The largest absolute Gasteiger partial charge is 0.395 e. The van der Waals surface area contributed by atoms with Gasteiger partial charge in [0.2, 0.25) is 0 Å². The Morgan fingerprint density at radius 3 is 3.05 bits per heavy atom. The lowest BCUT2D eigenvalue weighted by atomic mass is 10.1. The summed E-state index contributed by atoms with van der Waals surface area (Å²) < 4.78 is 0. The average molecular weight is 292 g/mol. The van der Waals surface area contributed by atoms with Gasteiger partial charge in [0.05, 0.1) is 6.61 Å². The predicted molar refractivity (Wildman–Crippen MR) is 84.9 cm³/mol. The van der Waals surface area contributed by atoms with E-state index >= 15 is 0 Å². The Balaban J connectivity index is 1.97. The SMILES string of the molecule is CCC1CN(Cc2sccc2C#CCCO)CCN1C. The van der Waals surface area contributed by atoms with Crippen molar-refractivity contribution < 1.29 is 5.11 Å². The van der Waals surface area contributed by atoms with E-state index in [0.717, 1.165) is 31.7 Å². The molecule has 1 saturated heterocycles. The predicted octanol–water partition coefficient (Wildman–Crippen LogP) is 2.01. The highest BCUT2D eigenvalue weighted by atomic mass is 32.1. The third-order valence-electron chi connectivity index (χ3n) is 3.90. The van der Waals surface area contributed by atoms with Gasteiger partial charge in [0.1, 0.15) is 0 Å². The summed E-state index contributed by atoms with van der Waals surface area (Å²) in [6.45, 7) is 6.84. The van der Waals surface area contributed by atoms with Crippen molar-refractivity contribution in [2.24, 2.45) is 0 Å². The van der Waals surface area contributed by atoms with Crippen molar-refractivity contribution in [2.75, 3.05) is 33.3 Å². The molecule has 1 aromatic rings. The number of aliphatic hydroxyl groups excluding tert-OH is 1. The zero-order valence-corrected chi connectivity index (χ0v) is 13.2. The summed E-state index contributed by atoms with van der Waals surface area (Å²) in [5.41, 5.74) is 1.13. The lowest BCUT2D eigenvalue weighted by Crippen LogP contribution is -2.50. The quantitative estimate of drug-likeness (QED) is 0.860. The Morgan fingerprint density at radius 1 is 1.45 bits per heavy atom. The van der Waals surface area contributed by atoms with E-state index < -0.39 is 0 Å². The zero-order chi connectivity index (χ0) is 14.4. The highest BCUT2D eigenvalue weighted by molar-refractivity contribution is 7.10. The van der Waals surface area contributed by atoms with E-state index in [9.17, 15) is 0 Å². The molecule has 4 heteroatoms. The molecule has 1 aliphatic heterocycles. The van der Waals surface area contributed by atoms with E-state index in [4.69, 9.17) is 5.11 Å². The van der Waals surface area contributed by atoms with Crippen LogP contribution >= 0.6 is 11.3 Å². The number of hydrogen-bond acceptors (Lipinski definition) is 4. The molecular formula is C16H24N2OS. The second kappa shape index (κ2) is 7.80. The van der Waals surface area contributed by atoms with Gasteiger partial charge in [-0.3, -0.25) is 4.90 Å². The van der Waals surface area contributed by atoms with Crippen LogP contribution < -0.4 is 0 Å². The van der Waals surface area contributed by atoms with Crippen LogP contribution in [0.1, 0.15) is 30.2 Å². The van der Waals surface area contributed by atoms with Crippen LogP contribution in [0.3, 0.4) is 0 Å². The lowest BCUT2D eigenvalue weighted by molar-refractivity contribution is 0.0890. The van der Waals surface area contributed by atoms with Crippen LogP contribution in [0, 0.1) is 11.8 Å². The topological polar surface area (TPSA) is 26.7 Å². The number of aliphatic hydroxyl groups is 1. The van der Waals surface area contributed by atoms with E-state index in [1.165, 1.54) is 11.3 Å². The number of piperazine rings is 1. The van der Waals surface area contributed by atoms with Crippen molar-refractivity contribution in [3.05, 3.63) is 21.9 Å². The second-order valence-electron chi connectivity index (χ2n) is 5.31. The van der Waals surface area contributed by atoms with Gasteiger partial charge < -0.3 is 10.0 Å². The van der Waals surface area contributed by atoms with Gasteiger partial charge in [-0.15, -0.1) is 11.3 Å². The Labute approximate surface area is 126 Å². The molecule has 110 valence electrons. The minimum absolute atomic E-state index is 0.142. The van der Waals surface area contributed by atoms with Crippen molar-refractivity contribution in [3.8, 4) is 11.8 Å². The van der Waals surface area contributed by atoms with Gasteiger partial charge in [-0.2, -0.15) is 0 Å². The zero-order valence-electron chi connectivity index (χ0n) is 12.4. The molecule has 1 aliphatic rings. The first-order valence-electron chi connectivity index (χ1n) is 7.33. The minimum atomic E-state index is 0.142. The second-order valence-corrected chi connectivity index (χ2v) is 6.31. The number of nitrogens with zero attached hydrogens (tertiary/aromatic N) is 2. The van der Waals surface area contributed by atoms with Crippen LogP contribution in [0.2, 0.25) is 0 Å². The molecule has 1 atom stereocenters. The summed E-state index contributed by atoms with van der Waals surface area (Å²) in [5.74, 6) is 6.20. The van der Waals surface area contributed by atoms with E-state index in [1.54, 1.807) is 11.3 Å². The maximum Gasteiger partial charge on any atom is 0.0540 e. The van der Waals surface area contributed by atoms with Crippen LogP contribution in [-0.2, 0) is 6.54 Å². The van der Waals surface area contributed by atoms with Crippen LogP contribution in [0.15, 0.2) is 11.4 Å². The Morgan fingerprint density at radius 2 is 2.30 bits per heavy atom. The maximum absolute atomic E-state index is 8.79. The Hall–Kier alpha value is -0.860. The molecule has 3 nitrogen and oxygen atoms in total. The molecule has 1 aromatic heterocycles. The first kappa shape index (κ1) is 15.5. The normalized spacial score (nSPS) is 20.6. The molecule has 0 amide bonds. The molecular weight excluding hydrogens is 268 g/mol. The molecule has 2 rings (SSSR count). The molecule has 0 aromatic carbocycles. The van der Waals surface area contributed by atoms with E-state index in [-0.39, 0.29) is 6.61 Å². The highest BCUT2D eigenvalue weighted by Crippen LogP contribution is 2.20. The van der Waals surface area contributed by atoms with Gasteiger partial charge in [0, 0.05) is 49.1 Å². The summed E-state index contributed by atoms with van der Waals surface area (Å²) in [6, 6.07) is 2.77. The van der Waals surface area contributed by atoms with Crippen molar-refractivity contribution in [1.82, 2.24) is 9.80 Å². The van der Waals surface area contributed by atoms with Crippen molar-refractivity contribution in [1.29, 1.82) is 0 Å². The Kier molecular flexibility index (Phi) is 6.06. The monoisotopic (exact) mass is 292 g/mol. The molecule has 1 fully saturated rings. The van der Waals surface area contributed by atoms with Crippen LogP contribution in [0.25, 0.3) is 0 Å². The van der Waals surface area contributed by atoms with Crippen molar-refractivity contribution in [2.45, 2.75) is 32.4 Å². The molecule has 0 spiro atoms. The van der Waals surface area contributed by atoms with Gasteiger partial charge >= 0.3 is 0 Å². The minimum Gasteiger partial charge on any atom is -0.395 e. The summed E-state index contributed by atoms with van der Waals surface area (Å²) in [7, 11) is 2.22. The molecule has 1 N–H and O–H groups in total. The molecule has 0 aliphatic carbocycles. The number of hydrogen-bond donors (Lipinski definition) is 1. The fourth-order valence-corrected chi connectivity index (χ4v) is 3.46. The van der Waals surface area contributed by atoms with Gasteiger partial charge in [-0.05, 0) is 24.9 Å². The number of thiophene rings is 1. The highest BCUT2D eigenvalue weighted by Gasteiger charge is 2.23. The van der Waals surface area contributed by atoms with Crippen molar-refractivity contribution in [3.63, 3.8) is 0 Å². The van der Waals surface area contributed by atoms with E-state index in [1.807, 2.05) is 0 Å². The molecule has 0 bridgehead atoms. The van der Waals surface area contributed by atoms with Gasteiger partial charge in [0.15, 0.2) is 0 Å². The molecule has 20 heavy (non-hydrogen) atoms. The van der Waals surface area contributed by atoms with Gasteiger partial charge in [-0.25, -0.2) is 0 Å². The lowest BCUT2D eigenvalue weighted by Gasteiger charge is -2.39. The average Bonchev–Trinajstić information content (AvgIpc) is 2.88. The Bertz CT molecular complexity index is 474. The summed E-state index contributed by atoms with van der Waals surface area (Å²) in [5, 5.41) is 10.9. The number of rotatable bonds is 4. The molecule has 1 unspecified atom stereocenters. The van der Waals surface area contributed by atoms with E-state index in [2.05, 4.69) is 47.1 Å². The first-order valence-corrected chi connectivity index (χ1v) is 8.21. The third kappa shape index (κ3) is 4.07. The summed E-state index contributed by atoms with van der Waals surface area (Å²) in [6.07, 6.45) is 1.77. The van der Waals surface area contributed by atoms with Crippen LogP contribution in [-0.4, -0.2) is 54.2 Å². The van der Waals surface area contributed by atoms with Crippen molar-refractivity contribution >= 4 is 11.3 Å². The fraction of sp³-hybridized carbons (Fsp3) is 0.625. The third-order valence-corrected chi connectivity index (χ3v) is 4.81. The standard InChI is InChI=1S/C16H24N2OS/c1-3-15-12-18(9-8-17(15)2)13-16-14(7-11-20-16)6-4-5-10-19/h7,11,15,19H,3,5,8-10,12-13H2,1-2H3. The van der Waals surface area contributed by atoms with E-state index in [0.29, 0.717) is 12.5 Å². The van der Waals surface area contributed by atoms with Gasteiger partial charge in [-0.1, -0.05) is 18.8 Å². The molecule has 0 saturated carbocycles. The van der Waals surface area contributed by atoms with Crippen LogP contribution in [0.4, 0.5) is 0 Å². The summed E-state index contributed by atoms with van der Waals surface area (Å²) >= 11 is 1.79. The first-order chi connectivity index (χ1) is 9.74. The van der Waals surface area contributed by atoms with Crippen LogP contribution in [0.5, 0.6) is 0 Å². The molecule has 2 heterocycles. The smallest absolute Gasteiger partial charge is 0.0540 e. The number of likely N-dealkylation sites (N-methyl/N-ethyl adjacent to an activating group) is 1. The fourth-order valence-electron chi connectivity index (χ4n) is 2.59. The summed E-state index contributed by atoms with van der Waals surface area (Å²) in [4.78, 5) is 6.36. The maximum atomic E-state index is 8.79.